The number of nitrogens with zero attached hydrogens (tertiary/aromatic N) is 2. The molecule has 2 heterocycles. The van der Waals surface area contributed by atoms with Crippen molar-refractivity contribution in [3.63, 3.8) is 0 Å². The van der Waals surface area contributed by atoms with E-state index in [0.29, 0.717) is 30.3 Å². The second kappa shape index (κ2) is 9.04. The van der Waals surface area contributed by atoms with Gasteiger partial charge in [-0.2, -0.15) is 0 Å². The number of urea groups is 1. The number of fused-ring (bicyclic) bond motifs is 1. The van der Waals surface area contributed by atoms with Crippen LogP contribution in [-0.4, -0.2) is 42.9 Å². The molecule has 0 radical (unpaired) electrons. The SMILES string of the molecule is CCOc1ccc(NC(=O)N2CCn3cccc3C2c2cc(OC)ccc2OC)cc1. The molecular weight excluding hydrogens is 394 g/mol. The molecule has 1 N–H and O–H groups in total. The van der Waals surface area contributed by atoms with E-state index >= 15 is 0 Å². The van der Waals surface area contributed by atoms with Crippen molar-refractivity contribution in [1.29, 1.82) is 0 Å². The minimum atomic E-state index is -0.309. The highest BCUT2D eigenvalue weighted by Gasteiger charge is 2.34. The van der Waals surface area contributed by atoms with E-state index in [-0.39, 0.29) is 12.1 Å². The number of methoxy groups -OCH3 is 2. The summed E-state index contributed by atoms with van der Waals surface area (Å²) >= 11 is 0. The molecule has 0 bridgehead atoms. The summed E-state index contributed by atoms with van der Waals surface area (Å²) in [5.74, 6) is 2.20. The maximum Gasteiger partial charge on any atom is 0.322 e. The van der Waals surface area contributed by atoms with Gasteiger partial charge in [-0.05, 0) is 61.5 Å². The van der Waals surface area contributed by atoms with E-state index in [9.17, 15) is 4.79 Å². The maximum atomic E-state index is 13.3. The van der Waals surface area contributed by atoms with Crippen LogP contribution in [0.4, 0.5) is 10.5 Å². The van der Waals surface area contributed by atoms with Crippen LogP contribution in [0.25, 0.3) is 0 Å². The van der Waals surface area contributed by atoms with Gasteiger partial charge in [0.15, 0.2) is 0 Å². The highest BCUT2D eigenvalue weighted by molar-refractivity contribution is 5.90. The van der Waals surface area contributed by atoms with Crippen LogP contribution < -0.4 is 19.5 Å². The summed E-state index contributed by atoms with van der Waals surface area (Å²) in [6.07, 6.45) is 2.04. The first-order valence-corrected chi connectivity index (χ1v) is 10.3. The van der Waals surface area contributed by atoms with Gasteiger partial charge in [0.1, 0.15) is 23.3 Å². The predicted octanol–water partition coefficient (Wildman–Crippen LogP) is 4.54. The van der Waals surface area contributed by atoms with E-state index < -0.39 is 0 Å². The first kappa shape index (κ1) is 20.7. The number of amides is 2. The number of benzene rings is 2. The second-order valence-electron chi connectivity index (χ2n) is 7.22. The van der Waals surface area contributed by atoms with E-state index in [4.69, 9.17) is 14.2 Å². The Hall–Kier alpha value is -3.61. The number of anilines is 1. The van der Waals surface area contributed by atoms with Crippen molar-refractivity contribution in [1.82, 2.24) is 9.47 Å². The van der Waals surface area contributed by atoms with Crippen LogP contribution in [0.5, 0.6) is 17.2 Å². The molecule has 1 aliphatic rings. The first-order chi connectivity index (χ1) is 15.1. The molecule has 0 spiro atoms. The zero-order valence-electron chi connectivity index (χ0n) is 18.0. The lowest BCUT2D eigenvalue weighted by Crippen LogP contribution is -2.44. The highest BCUT2D eigenvalue weighted by Crippen LogP contribution is 2.39. The van der Waals surface area contributed by atoms with Gasteiger partial charge >= 0.3 is 6.03 Å². The fourth-order valence-corrected chi connectivity index (χ4v) is 3.98. The Morgan fingerprint density at radius 3 is 2.52 bits per heavy atom. The van der Waals surface area contributed by atoms with E-state index in [2.05, 4.69) is 9.88 Å². The Balaban J connectivity index is 1.67. The lowest BCUT2D eigenvalue weighted by Gasteiger charge is -2.37. The van der Waals surface area contributed by atoms with Crippen LogP contribution in [0.1, 0.15) is 24.2 Å². The van der Waals surface area contributed by atoms with Crippen molar-refractivity contribution in [2.24, 2.45) is 0 Å². The Kier molecular flexibility index (Phi) is 6.02. The zero-order chi connectivity index (χ0) is 21.8. The van der Waals surface area contributed by atoms with Gasteiger partial charge < -0.3 is 29.0 Å². The quantitative estimate of drug-likeness (QED) is 0.635. The third kappa shape index (κ3) is 4.17. The second-order valence-corrected chi connectivity index (χ2v) is 7.22. The Morgan fingerprint density at radius 1 is 1.03 bits per heavy atom. The Bertz CT molecular complexity index is 1050. The summed E-state index contributed by atoms with van der Waals surface area (Å²) in [4.78, 5) is 15.2. The van der Waals surface area contributed by atoms with Crippen LogP contribution in [0.3, 0.4) is 0 Å². The van der Waals surface area contributed by atoms with E-state index in [1.807, 2.05) is 72.6 Å². The molecule has 2 aromatic carbocycles. The summed E-state index contributed by atoms with van der Waals surface area (Å²) in [5.41, 5.74) is 2.62. The van der Waals surface area contributed by atoms with Crippen molar-refractivity contribution in [3.05, 3.63) is 72.1 Å². The van der Waals surface area contributed by atoms with E-state index in [1.165, 1.54) is 0 Å². The van der Waals surface area contributed by atoms with Gasteiger partial charge in [0.05, 0.1) is 20.8 Å². The molecule has 1 aromatic heterocycles. The fraction of sp³-hybridized carbons (Fsp3) is 0.292. The largest absolute Gasteiger partial charge is 0.497 e. The van der Waals surface area contributed by atoms with Crippen LogP contribution in [0, 0.1) is 0 Å². The van der Waals surface area contributed by atoms with Crippen molar-refractivity contribution >= 4 is 11.7 Å². The average molecular weight is 421 g/mol. The van der Waals surface area contributed by atoms with Crippen molar-refractivity contribution in [2.75, 3.05) is 32.7 Å². The fourth-order valence-electron chi connectivity index (χ4n) is 3.98. The molecule has 162 valence electrons. The lowest BCUT2D eigenvalue weighted by atomic mass is 9.98. The van der Waals surface area contributed by atoms with Gasteiger partial charge in [-0.25, -0.2) is 4.79 Å². The Labute approximate surface area is 182 Å². The van der Waals surface area contributed by atoms with E-state index in [0.717, 1.165) is 23.6 Å². The van der Waals surface area contributed by atoms with Crippen molar-refractivity contribution in [2.45, 2.75) is 19.5 Å². The minimum absolute atomic E-state index is 0.175. The average Bonchev–Trinajstić information content (AvgIpc) is 3.28. The molecule has 7 nitrogen and oxygen atoms in total. The molecule has 7 heteroatoms. The monoisotopic (exact) mass is 421 g/mol. The van der Waals surface area contributed by atoms with Gasteiger partial charge in [0.25, 0.3) is 0 Å². The zero-order valence-corrected chi connectivity index (χ0v) is 18.0. The number of carbonyl (C=O) groups excluding carboxylic acids is 1. The molecule has 0 saturated heterocycles. The van der Waals surface area contributed by atoms with Crippen molar-refractivity contribution < 1.29 is 19.0 Å². The molecule has 31 heavy (non-hydrogen) atoms. The molecule has 1 aliphatic heterocycles. The topological polar surface area (TPSA) is 65.0 Å². The molecule has 0 aliphatic carbocycles. The maximum absolute atomic E-state index is 13.3. The standard InChI is InChI=1S/C24H27N3O4/c1-4-31-18-9-7-17(8-10-18)25-24(28)27-15-14-26-13-5-6-21(26)23(27)20-16-19(29-2)11-12-22(20)30-3/h5-13,16,23H,4,14-15H2,1-3H3,(H,25,28). The summed E-state index contributed by atoms with van der Waals surface area (Å²) in [5, 5.41) is 3.02. The smallest absolute Gasteiger partial charge is 0.322 e. The van der Waals surface area contributed by atoms with Crippen LogP contribution in [0.15, 0.2) is 60.8 Å². The molecule has 0 fully saturated rings. The Morgan fingerprint density at radius 2 is 1.81 bits per heavy atom. The first-order valence-electron chi connectivity index (χ1n) is 10.3. The summed E-state index contributed by atoms with van der Waals surface area (Å²) in [7, 11) is 3.27. The van der Waals surface area contributed by atoms with Gasteiger partial charge in [0, 0.05) is 36.2 Å². The highest BCUT2D eigenvalue weighted by atomic mass is 16.5. The molecule has 1 unspecified atom stereocenters. The molecule has 3 aromatic rings. The third-order valence-electron chi connectivity index (χ3n) is 5.45. The third-order valence-corrected chi connectivity index (χ3v) is 5.45. The summed E-state index contributed by atoms with van der Waals surface area (Å²) in [6.45, 7) is 3.83. The van der Waals surface area contributed by atoms with Gasteiger partial charge in [-0.15, -0.1) is 0 Å². The number of aromatic nitrogens is 1. The number of rotatable bonds is 6. The number of carbonyl (C=O) groups is 1. The number of hydrogen-bond donors (Lipinski definition) is 1. The summed E-state index contributed by atoms with van der Waals surface area (Å²) in [6, 6.07) is 16.6. The van der Waals surface area contributed by atoms with Crippen LogP contribution in [-0.2, 0) is 6.54 Å². The summed E-state index contributed by atoms with van der Waals surface area (Å²) < 4.78 is 18.7. The van der Waals surface area contributed by atoms with Gasteiger partial charge in [-0.1, -0.05) is 0 Å². The molecule has 1 atom stereocenters. The van der Waals surface area contributed by atoms with Gasteiger partial charge in [-0.3, -0.25) is 0 Å². The normalized spacial score (nSPS) is 15.2. The van der Waals surface area contributed by atoms with Crippen LogP contribution >= 0.6 is 0 Å². The number of nitrogens with one attached hydrogen (secondary N) is 1. The molecule has 0 saturated carbocycles. The number of hydrogen-bond acceptors (Lipinski definition) is 4. The molecular formula is C24H27N3O4. The van der Waals surface area contributed by atoms with Gasteiger partial charge in [0.2, 0.25) is 0 Å². The van der Waals surface area contributed by atoms with Crippen LogP contribution in [0.2, 0.25) is 0 Å². The predicted molar refractivity (Wildman–Crippen MR) is 119 cm³/mol. The molecule has 2 amide bonds. The minimum Gasteiger partial charge on any atom is -0.497 e. The number of ether oxygens (including phenoxy) is 3. The lowest BCUT2D eigenvalue weighted by molar-refractivity contribution is 0.180. The van der Waals surface area contributed by atoms with Crippen molar-refractivity contribution in [3.8, 4) is 17.2 Å². The molecule has 4 rings (SSSR count). The van der Waals surface area contributed by atoms with E-state index in [1.54, 1.807) is 14.2 Å².